The van der Waals surface area contributed by atoms with Crippen LogP contribution in [0.25, 0.3) is 0 Å². The molecule has 1 N–H and O–H groups in total. The number of hydrogen-bond donors (Lipinski definition) is 1. The predicted molar refractivity (Wildman–Crippen MR) is 59.1 cm³/mol. The van der Waals surface area contributed by atoms with Crippen LogP contribution in [0.1, 0.15) is 6.92 Å². The summed E-state index contributed by atoms with van der Waals surface area (Å²) in [6.07, 6.45) is 0. The topological polar surface area (TPSA) is 73.3 Å². The van der Waals surface area contributed by atoms with Gasteiger partial charge in [0.05, 0.1) is 20.3 Å². The van der Waals surface area contributed by atoms with E-state index >= 15 is 0 Å². The minimum Gasteiger partial charge on any atom is -0.481 e. The number of nitrogens with one attached hydrogen (secondary N) is 1. The summed E-state index contributed by atoms with van der Waals surface area (Å²) in [5.41, 5.74) is 0. The maximum atomic E-state index is 11.3. The molecule has 0 aliphatic heterocycles. The van der Waals surface area contributed by atoms with Gasteiger partial charge in [-0.05, 0) is 6.92 Å². The van der Waals surface area contributed by atoms with Gasteiger partial charge in [0.25, 0.3) is 0 Å². The summed E-state index contributed by atoms with van der Waals surface area (Å²) in [6.45, 7) is 1.55. The molecule has 1 aromatic heterocycles. The summed E-state index contributed by atoms with van der Waals surface area (Å²) in [5, 5.41) is 1.77. The molecule has 0 saturated carbocycles. The van der Waals surface area contributed by atoms with Gasteiger partial charge in [-0.15, -0.1) is 11.6 Å². The third-order valence-electron chi connectivity index (χ3n) is 1.69. The lowest BCUT2D eigenvalue weighted by Gasteiger charge is -2.08. The van der Waals surface area contributed by atoms with E-state index in [9.17, 15) is 4.79 Å². The first-order valence-corrected chi connectivity index (χ1v) is 4.92. The van der Waals surface area contributed by atoms with E-state index in [-0.39, 0.29) is 5.95 Å². The second-order valence-corrected chi connectivity index (χ2v) is 3.54. The number of carbonyl (C=O) groups excluding carboxylic acids is 1. The van der Waals surface area contributed by atoms with Crippen molar-refractivity contribution in [1.29, 1.82) is 0 Å². The van der Waals surface area contributed by atoms with Crippen LogP contribution in [-0.2, 0) is 4.79 Å². The van der Waals surface area contributed by atoms with Gasteiger partial charge in [-0.25, -0.2) is 0 Å². The average Bonchev–Trinajstić information content (AvgIpc) is 2.28. The molecule has 0 radical (unpaired) electrons. The van der Waals surface area contributed by atoms with E-state index in [1.807, 2.05) is 0 Å². The third-order valence-corrected chi connectivity index (χ3v) is 1.89. The Labute approximate surface area is 97.9 Å². The van der Waals surface area contributed by atoms with Crippen molar-refractivity contribution in [2.24, 2.45) is 0 Å². The smallest absolute Gasteiger partial charge is 0.244 e. The largest absolute Gasteiger partial charge is 0.481 e. The van der Waals surface area contributed by atoms with Crippen LogP contribution in [0.3, 0.4) is 0 Å². The van der Waals surface area contributed by atoms with Crippen LogP contribution in [0.4, 0.5) is 5.95 Å². The van der Waals surface area contributed by atoms with Crippen LogP contribution < -0.4 is 14.8 Å². The lowest BCUT2D eigenvalue weighted by molar-refractivity contribution is -0.115. The van der Waals surface area contributed by atoms with Crippen LogP contribution >= 0.6 is 11.6 Å². The molecule has 0 aromatic carbocycles. The fourth-order valence-electron chi connectivity index (χ4n) is 0.879. The van der Waals surface area contributed by atoms with Crippen molar-refractivity contribution in [1.82, 2.24) is 9.97 Å². The molecule has 7 heteroatoms. The molecule has 6 nitrogen and oxygen atoms in total. The molecule has 1 rings (SSSR count). The SMILES string of the molecule is COc1cc(OC)nc(NC(=O)C(C)Cl)n1. The van der Waals surface area contributed by atoms with Crippen LogP contribution in [0.15, 0.2) is 6.07 Å². The van der Waals surface area contributed by atoms with Crippen molar-refractivity contribution in [3.8, 4) is 11.8 Å². The first-order chi connectivity index (χ1) is 7.56. The van der Waals surface area contributed by atoms with Gasteiger partial charge in [0.2, 0.25) is 23.6 Å². The molecule has 0 aliphatic carbocycles. The molecule has 1 heterocycles. The van der Waals surface area contributed by atoms with Crippen molar-refractivity contribution in [3.05, 3.63) is 6.07 Å². The molecular weight excluding hydrogens is 234 g/mol. The van der Waals surface area contributed by atoms with Crippen molar-refractivity contribution < 1.29 is 14.3 Å². The van der Waals surface area contributed by atoms with Crippen LogP contribution in [-0.4, -0.2) is 35.5 Å². The van der Waals surface area contributed by atoms with Gasteiger partial charge < -0.3 is 9.47 Å². The molecule has 1 aromatic rings. The maximum Gasteiger partial charge on any atom is 0.244 e. The van der Waals surface area contributed by atoms with E-state index < -0.39 is 11.3 Å². The van der Waals surface area contributed by atoms with E-state index in [0.29, 0.717) is 11.8 Å². The lowest BCUT2D eigenvalue weighted by Crippen LogP contribution is -2.21. The summed E-state index contributed by atoms with van der Waals surface area (Å²) < 4.78 is 9.85. The molecular formula is C9H12ClN3O3. The quantitative estimate of drug-likeness (QED) is 0.803. The molecule has 0 spiro atoms. The number of hydrogen-bond acceptors (Lipinski definition) is 5. The van der Waals surface area contributed by atoms with Gasteiger partial charge in [0.15, 0.2) is 0 Å². The third kappa shape index (κ3) is 3.23. The van der Waals surface area contributed by atoms with Gasteiger partial charge in [-0.2, -0.15) is 9.97 Å². The zero-order valence-electron chi connectivity index (χ0n) is 9.15. The molecule has 1 amide bonds. The van der Waals surface area contributed by atoms with Gasteiger partial charge in [0, 0.05) is 0 Å². The number of carbonyl (C=O) groups is 1. The Kier molecular flexibility index (Phi) is 4.30. The highest BCUT2D eigenvalue weighted by molar-refractivity contribution is 6.32. The normalized spacial score (nSPS) is 11.8. The molecule has 0 bridgehead atoms. The number of methoxy groups -OCH3 is 2. The molecule has 1 unspecified atom stereocenters. The van der Waals surface area contributed by atoms with E-state index in [4.69, 9.17) is 21.1 Å². The van der Waals surface area contributed by atoms with Crippen molar-refractivity contribution in [2.45, 2.75) is 12.3 Å². The van der Waals surface area contributed by atoms with E-state index in [0.717, 1.165) is 0 Å². The number of nitrogens with zero attached hydrogens (tertiary/aromatic N) is 2. The molecule has 0 fully saturated rings. The number of aromatic nitrogens is 2. The van der Waals surface area contributed by atoms with Crippen LogP contribution in [0, 0.1) is 0 Å². The van der Waals surface area contributed by atoms with E-state index in [1.54, 1.807) is 6.92 Å². The molecule has 0 saturated heterocycles. The number of amides is 1. The van der Waals surface area contributed by atoms with Crippen LogP contribution in [0.2, 0.25) is 0 Å². The second-order valence-electron chi connectivity index (χ2n) is 2.88. The van der Waals surface area contributed by atoms with E-state index in [1.165, 1.54) is 20.3 Å². The standard InChI is InChI=1S/C9H12ClN3O3/c1-5(10)8(14)13-9-11-6(15-2)4-7(12-9)16-3/h4-5H,1-3H3,(H,11,12,13,14). The van der Waals surface area contributed by atoms with Gasteiger partial charge in [0.1, 0.15) is 5.38 Å². The zero-order valence-corrected chi connectivity index (χ0v) is 9.91. The van der Waals surface area contributed by atoms with Crippen molar-refractivity contribution >= 4 is 23.5 Å². The van der Waals surface area contributed by atoms with E-state index in [2.05, 4.69) is 15.3 Å². The Bertz CT molecular complexity index is 362. The fourth-order valence-corrected chi connectivity index (χ4v) is 0.933. The predicted octanol–water partition coefficient (Wildman–Crippen LogP) is 1.06. The van der Waals surface area contributed by atoms with Gasteiger partial charge in [-0.3, -0.25) is 10.1 Å². The molecule has 1 atom stereocenters. The molecule has 16 heavy (non-hydrogen) atoms. The van der Waals surface area contributed by atoms with Gasteiger partial charge in [-0.1, -0.05) is 0 Å². The Morgan fingerprint density at radius 2 is 1.88 bits per heavy atom. The first kappa shape index (κ1) is 12.5. The Balaban J connectivity index is 2.91. The summed E-state index contributed by atoms with van der Waals surface area (Å²) in [5.74, 6) is 0.291. The number of anilines is 1. The highest BCUT2D eigenvalue weighted by atomic mass is 35.5. The Morgan fingerprint density at radius 3 is 2.25 bits per heavy atom. The van der Waals surface area contributed by atoms with Crippen LogP contribution in [0.5, 0.6) is 11.8 Å². The summed E-state index contributed by atoms with van der Waals surface area (Å²) >= 11 is 5.60. The second kappa shape index (κ2) is 5.50. The number of rotatable bonds is 4. The minimum atomic E-state index is -0.666. The first-order valence-electron chi connectivity index (χ1n) is 4.48. The summed E-state index contributed by atoms with van der Waals surface area (Å²) in [4.78, 5) is 19.1. The number of halogens is 1. The van der Waals surface area contributed by atoms with Crippen molar-refractivity contribution in [2.75, 3.05) is 19.5 Å². The zero-order chi connectivity index (χ0) is 12.1. The number of ether oxygens (including phenoxy) is 2. The highest BCUT2D eigenvalue weighted by Gasteiger charge is 2.12. The maximum absolute atomic E-state index is 11.3. The van der Waals surface area contributed by atoms with Gasteiger partial charge >= 0.3 is 0 Å². The minimum absolute atomic E-state index is 0.0914. The highest BCUT2D eigenvalue weighted by Crippen LogP contribution is 2.17. The monoisotopic (exact) mass is 245 g/mol. The molecule has 88 valence electrons. The summed E-state index contributed by atoms with van der Waals surface area (Å²) in [6, 6.07) is 1.50. The fraction of sp³-hybridized carbons (Fsp3) is 0.444. The molecule has 0 aliphatic rings. The lowest BCUT2D eigenvalue weighted by atomic mass is 10.4. The Morgan fingerprint density at radius 1 is 1.38 bits per heavy atom. The number of alkyl halides is 1. The summed E-state index contributed by atoms with van der Waals surface area (Å²) in [7, 11) is 2.91. The Hall–Kier alpha value is -1.56. The van der Waals surface area contributed by atoms with Crippen molar-refractivity contribution in [3.63, 3.8) is 0 Å². The average molecular weight is 246 g/mol.